The molecule has 0 fully saturated rings. The molecule has 0 saturated heterocycles. The molecular formula is C18H19NO2S. The van der Waals surface area contributed by atoms with Crippen molar-refractivity contribution in [1.29, 1.82) is 0 Å². The Kier molecular flexibility index (Phi) is 4.03. The number of nitrogens with one attached hydrogen (secondary N) is 1. The molecule has 3 nitrogen and oxygen atoms in total. The van der Waals surface area contributed by atoms with E-state index in [1.165, 1.54) is 11.1 Å². The summed E-state index contributed by atoms with van der Waals surface area (Å²) in [7, 11) is 0. The largest absolute Gasteiger partial charge is 0.464 e. The van der Waals surface area contributed by atoms with Gasteiger partial charge in [0.25, 0.3) is 0 Å². The van der Waals surface area contributed by atoms with Gasteiger partial charge in [-0.15, -0.1) is 11.3 Å². The SMILES string of the molecule is Cc1cc2occ(CC(=O)NC(C)c3cccs3)c2cc1C. The highest BCUT2D eigenvalue weighted by Gasteiger charge is 2.14. The molecule has 1 unspecified atom stereocenters. The van der Waals surface area contributed by atoms with E-state index < -0.39 is 0 Å². The summed E-state index contributed by atoms with van der Waals surface area (Å²) in [6.45, 7) is 6.14. The highest BCUT2D eigenvalue weighted by molar-refractivity contribution is 7.10. The van der Waals surface area contributed by atoms with Crippen molar-refractivity contribution < 1.29 is 9.21 Å². The van der Waals surface area contributed by atoms with Crippen LogP contribution in [0.5, 0.6) is 0 Å². The second kappa shape index (κ2) is 5.97. The first-order valence-corrected chi connectivity index (χ1v) is 8.22. The van der Waals surface area contributed by atoms with Crippen LogP contribution in [0.1, 0.15) is 34.5 Å². The molecule has 3 rings (SSSR count). The molecule has 0 aliphatic carbocycles. The number of thiophene rings is 1. The first-order valence-electron chi connectivity index (χ1n) is 7.34. The van der Waals surface area contributed by atoms with Crippen LogP contribution in [0, 0.1) is 13.8 Å². The molecule has 2 heterocycles. The number of furan rings is 1. The van der Waals surface area contributed by atoms with Crippen LogP contribution in [0.4, 0.5) is 0 Å². The summed E-state index contributed by atoms with van der Waals surface area (Å²) in [5.74, 6) is 0.0156. The van der Waals surface area contributed by atoms with E-state index in [1.807, 2.05) is 30.5 Å². The molecule has 0 spiro atoms. The number of amides is 1. The third-order valence-electron chi connectivity index (χ3n) is 3.97. The maximum Gasteiger partial charge on any atom is 0.225 e. The van der Waals surface area contributed by atoms with Crippen LogP contribution in [0.25, 0.3) is 11.0 Å². The van der Waals surface area contributed by atoms with Crippen molar-refractivity contribution in [2.24, 2.45) is 0 Å². The second-order valence-electron chi connectivity index (χ2n) is 5.67. The lowest BCUT2D eigenvalue weighted by Crippen LogP contribution is -2.27. The zero-order valence-corrected chi connectivity index (χ0v) is 13.8. The lowest BCUT2D eigenvalue weighted by molar-refractivity contribution is -0.121. The number of rotatable bonds is 4. The molecule has 1 N–H and O–H groups in total. The predicted octanol–water partition coefficient (Wildman–Crippen LogP) is 4.53. The normalized spacial score (nSPS) is 12.5. The van der Waals surface area contributed by atoms with Gasteiger partial charge in [-0.2, -0.15) is 0 Å². The minimum absolute atomic E-state index is 0.0156. The molecule has 114 valence electrons. The second-order valence-corrected chi connectivity index (χ2v) is 6.65. The van der Waals surface area contributed by atoms with Crippen LogP contribution in [0.2, 0.25) is 0 Å². The molecule has 0 saturated carbocycles. The number of aryl methyl sites for hydroxylation is 2. The molecule has 1 atom stereocenters. The molecule has 3 aromatic rings. The van der Waals surface area contributed by atoms with E-state index in [-0.39, 0.29) is 11.9 Å². The summed E-state index contributed by atoms with van der Waals surface area (Å²) < 4.78 is 5.59. The monoisotopic (exact) mass is 313 g/mol. The summed E-state index contributed by atoms with van der Waals surface area (Å²) in [5, 5.41) is 6.09. The lowest BCUT2D eigenvalue weighted by Gasteiger charge is -2.11. The molecule has 0 aliphatic heterocycles. The quantitative estimate of drug-likeness (QED) is 0.769. The summed E-state index contributed by atoms with van der Waals surface area (Å²) in [4.78, 5) is 13.4. The van der Waals surface area contributed by atoms with E-state index in [9.17, 15) is 4.79 Å². The Hall–Kier alpha value is -2.07. The zero-order valence-electron chi connectivity index (χ0n) is 13.0. The number of benzene rings is 1. The maximum atomic E-state index is 12.3. The van der Waals surface area contributed by atoms with Crippen LogP contribution < -0.4 is 5.32 Å². The summed E-state index contributed by atoms with van der Waals surface area (Å²) in [6, 6.07) is 8.20. The van der Waals surface area contributed by atoms with Crippen molar-refractivity contribution in [3.8, 4) is 0 Å². The Balaban J connectivity index is 1.75. The maximum absolute atomic E-state index is 12.3. The summed E-state index contributed by atoms with van der Waals surface area (Å²) >= 11 is 1.65. The Morgan fingerprint density at radius 1 is 1.32 bits per heavy atom. The van der Waals surface area contributed by atoms with Gasteiger partial charge in [-0.3, -0.25) is 4.79 Å². The van der Waals surface area contributed by atoms with Crippen LogP contribution in [0.15, 0.2) is 40.3 Å². The summed E-state index contributed by atoms with van der Waals surface area (Å²) in [5.41, 5.74) is 4.19. The van der Waals surface area contributed by atoms with Crippen molar-refractivity contribution in [2.75, 3.05) is 0 Å². The topological polar surface area (TPSA) is 42.2 Å². The van der Waals surface area contributed by atoms with Crippen molar-refractivity contribution >= 4 is 28.2 Å². The number of hydrogen-bond acceptors (Lipinski definition) is 3. The van der Waals surface area contributed by atoms with Gasteiger partial charge in [0.15, 0.2) is 0 Å². The van der Waals surface area contributed by atoms with Crippen molar-refractivity contribution in [3.63, 3.8) is 0 Å². The Bertz CT molecular complexity index is 802. The Morgan fingerprint density at radius 2 is 2.09 bits per heavy atom. The Labute approximate surface area is 134 Å². The molecule has 2 aromatic heterocycles. The zero-order chi connectivity index (χ0) is 15.7. The summed E-state index contributed by atoms with van der Waals surface area (Å²) in [6.07, 6.45) is 2.03. The first kappa shape index (κ1) is 14.9. The van der Waals surface area contributed by atoms with E-state index in [4.69, 9.17) is 4.42 Å². The van der Waals surface area contributed by atoms with E-state index in [0.29, 0.717) is 6.42 Å². The third-order valence-corrected chi connectivity index (χ3v) is 5.02. The number of carbonyl (C=O) groups is 1. The first-order chi connectivity index (χ1) is 10.5. The van der Waals surface area contributed by atoms with Gasteiger partial charge in [0, 0.05) is 15.8 Å². The minimum Gasteiger partial charge on any atom is -0.464 e. The number of hydrogen-bond donors (Lipinski definition) is 1. The van der Waals surface area contributed by atoms with Crippen LogP contribution in [-0.2, 0) is 11.2 Å². The van der Waals surface area contributed by atoms with Crippen LogP contribution in [-0.4, -0.2) is 5.91 Å². The van der Waals surface area contributed by atoms with Gasteiger partial charge in [-0.05, 0) is 55.5 Å². The molecule has 0 bridgehead atoms. The number of carbonyl (C=O) groups excluding carboxylic acids is 1. The molecule has 0 aliphatic rings. The fourth-order valence-electron chi connectivity index (χ4n) is 2.55. The van der Waals surface area contributed by atoms with Gasteiger partial charge in [-0.1, -0.05) is 6.07 Å². The molecule has 4 heteroatoms. The van der Waals surface area contributed by atoms with Gasteiger partial charge in [-0.25, -0.2) is 0 Å². The van der Waals surface area contributed by atoms with Crippen molar-refractivity contribution in [1.82, 2.24) is 5.32 Å². The van der Waals surface area contributed by atoms with E-state index in [2.05, 4.69) is 25.2 Å². The van der Waals surface area contributed by atoms with Crippen molar-refractivity contribution in [3.05, 3.63) is 57.5 Å². The molecule has 1 amide bonds. The smallest absolute Gasteiger partial charge is 0.225 e. The lowest BCUT2D eigenvalue weighted by atomic mass is 10.0. The van der Waals surface area contributed by atoms with E-state index in [1.54, 1.807) is 17.6 Å². The average Bonchev–Trinajstić information content (AvgIpc) is 3.11. The van der Waals surface area contributed by atoms with Gasteiger partial charge < -0.3 is 9.73 Å². The highest BCUT2D eigenvalue weighted by atomic mass is 32.1. The average molecular weight is 313 g/mol. The Morgan fingerprint density at radius 3 is 2.82 bits per heavy atom. The fraction of sp³-hybridized carbons (Fsp3) is 0.278. The third kappa shape index (κ3) is 2.92. The van der Waals surface area contributed by atoms with Crippen molar-refractivity contribution in [2.45, 2.75) is 33.2 Å². The highest BCUT2D eigenvalue weighted by Crippen LogP contribution is 2.25. The molecule has 0 radical (unpaired) electrons. The van der Waals surface area contributed by atoms with Crippen LogP contribution in [0.3, 0.4) is 0 Å². The molecular weight excluding hydrogens is 294 g/mol. The van der Waals surface area contributed by atoms with Gasteiger partial charge in [0.1, 0.15) is 5.58 Å². The molecule has 22 heavy (non-hydrogen) atoms. The van der Waals surface area contributed by atoms with Gasteiger partial charge in [0.2, 0.25) is 5.91 Å². The predicted molar refractivity (Wildman–Crippen MR) is 90.3 cm³/mol. The van der Waals surface area contributed by atoms with Crippen LogP contribution >= 0.6 is 11.3 Å². The molecule has 1 aromatic carbocycles. The van der Waals surface area contributed by atoms with Gasteiger partial charge >= 0.3 is 0 Å². The van der Waals surface area contributed by atoms with E-state index in [0.717, 1.165) is 21.4 Å². The van der Waals surface area contributed by atoms with E-state index >= 15 is 0 Å². The number of fused-ring (bicyclic) bond motifs is 1. The van der Waals surface area contributed by atoms with Gasteiger partial charge in [0.05, 0.1) is 18.7 Å². The fourth-order valence-corrected chi connectivity index (χ4v) is 3.28. The standard InChI is InChI=1S/C18H19NO2S/c1-11-7-15-14(10-21-16(15)8-12(11)2)9-18(20)19-13(3)17-5-4-6-22-17/h4-8,10,13H,9H2,1-3H3,(H,19,20). The minimum atomic E-state index is 0.0156.